The number of alkyl halides is 3. The van der Waals surface area contributed by atoms with Crippen molar-refractivity contribution in [2.45, 2.75) is 5.51 Å². The summed E-state index contributed by atoms with van der Waals surface area (Å²) >= 11 is 0. The highest BCUT2D eigenvalue weighted by Crippen LogP contribution is 2.26. The van der Waals surface area contributed by atoms with Crippen molar-refractivity contribution in [2.75, 3.05) is 13.1 Å². The van der Waals surface area contributed by atoms with Crippen LogP contribution in [-0.2, 0) is 19.6 Å². The summed E-state index contributed by atoms with van der Waals surface area (Å²) in [6, 6.07) is 0. The van der Waals surface area contributed by atoms with Crippen LogP contribution in [0.1, 0.15) is 0 Å². The lowest BCUT2D eigenvalue weighted by atomic mass is 10.6. The molecule has 0 heterocycles. The molecule has 0 aromatic carbocycles. The molecule has 0 radical (unpaired) electrons. The number of hydrogen-bond acceptors (Lipinski definition) is 4. The van der Waals surface area contributed by atoms with E-state index < -0.39 is 44.9 Å². The molecule has 0 unspecified atom stereocenters. The van der Waals surface area contributed by atoms with Crippen LogP contribution >= 0.6 is 0 Å². The van der Waals surface area contributed by atoms with Crippen molar-refractivity contribution in [3.05, 3.63) is 0 Å². The smallest absolute Gasteiger partial charge is 0.480 e. The van der Waals surface area contributed by atoms with Gasteiger partial charge < -0.3 is 10.2 Å². The van der Waals surface area contributed by atoms with Gasteiger partial charge in [-0.25, -0.2) is 8.42 Å². The first-order valence-electron chi connectivity index (χ1n) is 3.48. The molecule has 0 aromatic rings. The fraction of sp³-hybridized carbons (Fsp3) is 0.600. The van der Waals surface area contributed by atoms with Gasteiger partial charge in [0, 0.05) is 0 Å². The minimum atomic E-state index is -5.96. The predicted octanol–water partition coefficient (Wildman–Crippen LogP) is -0.693. The molecule has 0 aliphatic rings. The molecule has 0 aliphatic heterocycles. The van der Waals surface area contributed by atoms with Crippen molar-refractivity contribution in [2.24, 2.45) is 0 Å². The number of aliphatic carboxylic acids is 2. The monoisotopic (exact) mass is 265 g/mol. The molecule has 0 spiro atoms. The van der Waals surface area contributed by atoms with Crippen molar-refractivity contribution in [3.8, 4) is 0 Å². The van der Waals surface area contributed by atoms with Crippen LogP contribution in [0.25, 0.3) is 0 Å². The summed E-state index contributed by atoms with van der Waals surface area (Å²) in [5.41, 5.74) is -5.74. The highest BCUT2D eigenvalue weighted by Gasteiger charge is 2.50. The lowest BCUT2D eigenvalue weighted by molar-refractivity contribution is -0.140. The molecular formula is C5H6F3NO6S. The van der Waals surface area contributed by atoms with Gasteiger partial charge in [0.15, 0.2) is 0 Å². The van der Waals surface area contributed by atoms with Crippen LogP contribution in [0.2, 0.25) is 0 Å². The van der Waals surface area contributed by atoms with Crippen LogP contribution in [0.15, 0.2) is 0 Å². The molecule has 0 atom stereocenters. The third kappa shape index (κ3) is 3.66. The minimum absolute atomic E-state index is 0.683. The zero-order chi connectivity index (χ0) is 13.1. The van der Waals surface area contributed by atoms with Gasteiger partial charge in [-0.05, 0) is 0 Å². The third-order valence-electron chi connectivity index (χ3n) is 1.26. The van der Waals surface area contributed by atoms with Gasteiger partial charge in [0.25, 0.3) is 0 Å². The van der Waals surface area contributed by atoms with Gasteiger partial charge in [0.2, 0.25) is 0 Å². The van der Waals surface area contributed by atoms with E-state index in [0.29, 0.717) is 0 Å². The van der Waals surface area contributed by atoms with Gasteiger partial charge in [-0.1, -0.05) is 0 Å². The molecular weight excluding hydrogens is 259 g/mol. The Morgan fingerprint density at radius 2 is 1.38 bits per heavy atom. The van der Waals surface area contributed by atoms with E-state index in [1.54, 1.807) is 0 Å². The molecule has 7 nitrogen and oxygen atoms in total. The first-order valence-corrected chi connectivity index (χ1v) is 4.92. The molecule has 11 heteroatoms. The van der Waals surface area contributed by atoms with Crippen LogP contribution < -0.4 is 0 Å². The molecule has 0 saturated heterocycles. The van der Waals surface area contributed by atoms with E-state index in [-0.39, 0.29) is 0 Å². The number of halogens is 3. The molecule has 16 heavy (non-hydrogen) atoms. The van der Waals surface area contributed by atoms with E-state index in [1.807, 2.05) is 0 Å². The fourth-order valence-corrected chi connectivity index (χ4v) is 1.53. The van der Waals surface area contributed by atoms with E-state index in [2.05, 4.69) is 0 Å². The molecule has 0 amide bonds. The van der Waals surface area contributed by atoms with E-state index in [4.69, 9.17) is 10.2 Å². The van der Waals surface area contributed by atoms with Gasteiger partial charge >= 0.3 is 27.5 Å². The number of carboxylic acids is 2. The van der Waals surface area contributed by atoms with Gasteiger partial charge in [-0.3, -0.25) is 9.59 Å². The van der Waals surface area contributed by atoms with Crippen LogP contribution in [-0.4, -0.2) is 53.5 Å². The molecule has 0 saturated carbocycles. The second-order valence-corrected chi connectivity index (χ2v) is 4.44. The first kappa shape index (κ1) is 14.6. The molecule has 0 aliphatic carbocycles. The van der Waals surface area contributed by atoms with Crippen LogP contribution in [0.5, 0.6) is 0 Å². The summed E-state index contributed by atoms with van der Waals surface area (Å²) < 4.78 is 56.6. The summed E-state index contributed by atoms with van der Waals surface area (Å²) in [4.78, 5) is 20.2. The largest absolute Gasteiger partial charge is 0.511 e. The van der Waals surface area contributed by atoms with E-state index in [1.165, 1.54) is 0 Å². The number of carboxylic acid groups (broad SMARTS) is 2. The maximum Gasteiger partial charge on any atom is 0.511 e. The Labute approximate surface area is 87.1 Å². The molecule has 0 fully saturated rings. The molecule has 0 bridgehead atoms. The van der Waals surface area contributed by atoms with E-state index in [9.17, 15) is 31.2 Å². The Balaban J connectivity index is 5.18. The highest BCUT2D eigenvalue weighted by molar-refractivity contribution is 7.90. The topological polar surface area (TPSA) is 112 Å². The summed E-state index contributed by atoms with van der Waals surface area (Å²) in [6.07, 6.45) is 0. The zero-order valence-electron chi connectivity index (χ0n) is 7.43. The number of carbonyl (C=O) groups is 2. The lowest BCUT2D eigenvalue weighted by Gasteiger charge is -2.19. The second kappa shape index (κ2) is 4.65. The summed E-state index contributed by atoms with van der Waals surface area (Å²) in [5, 5.41) is 16.3. The molecule has 2 N–H and O–H groups in total. The number of sulfonamides is 1. The van der Waals surface area contributed by atoms with Crippen molar-refractivity contribution < 1.29 is 41.4 Å². The van der Waals surface area contributed by atoms with E-state index >= 15 is 0 Å². The zero-order valence-corrected chi connectivity index (χ0v) is 8.25. The minimum Gasteiger partial charge on any atom is -0.480 e. The quantitative estimate of drug-likeness (QED) is 0.680. The standard InChI is InChI=1S/C5H6F3NO6S/c6-5(7,8)16(14,15)9(1-3(10)11)2-4(12)13/h1-2H2,(H,10,11)(H,12,13). The second-order valence-electron chi connectivity index (χ2n) is 2.51. The summed E-state index contributed by atoms with van der Waals surface area (Å²) in [5.74, 6) is -3.79. The summed E-state index contributed by atoms with van der Waals surface area (Å²) in [7, 11) is -5.96. The number of rotatable bonds is 5. The maximum atomic E-state index is 12.0. The number of nitrogens with zero attached hydrogens (tertiary/aromatic N) is 1. The predicted molar refractivity (Wildman–Crippen MR) is 41.8 cm³/mol. The van der Waals surface area contributed by atoms with Crippen LogP contribution in [0, 0.1) is 0 Å². The van der Waals surface area contributed by atoms with Gasteiger partial charge in [0.1, 0.15) is 13.1 Å². The average molecular weight is 265 g/mol. The van der Waals surface area contributed by atoms with Crippen molar-refractivity contribution in [1.29, 1.82) is 0 Å². The Morgan fingerprint density at radius 1 is 1.06 bits per heavy atom. The lowest BCUT2D eigenvalue weighted by Crippen LogP contribution is -2.45. The fourth-order valence-electron chi connectivity index (χ4n) is 0.674. The average Bonchev–Trinajstić information content (AvgIpc) is 1.98. The SMILES string of the molecule is O=C(O)CN(CC(=O)O)S(=O)(=O)C(F)(F)F. The molecule has 0 aromatic heterocycles. The normalized spacial score (nSPS) is 12.8. The van der Waals surface area contributed by atoms with Crippen molar-refractivity contribution in [3.63, 3.8) is 0 Å². The Bertz CT molecular complexity index is 371. The molecule has 0 rings (SSSR count). The van der Waals surface area contributed by atoms with Gasteiger partial charge in [-0.15, -0.1) is 0 Å². The number of hydrogen-bond donors (Lipinski definition) is 2. The van der Waals surface area contributed by atoms with Gasteiger partial charge in [0.05, 0.1) is 0 Å². The highest BCUT2D eigenvalue weighted by atomic mass is 32.2. The third-order valence-corrected chi connectivity index (χ3v) is 2.78. The molecule has 94 valence electrons. The Morgan fingerprint density at radius 3 is 1.56 bits per heavy atom. The van der Waals surface area contributed by atoms with Crippen molar-refractivity contribution in [1.82, 2.24) is 4.31 Å². The Hall–Kier alpha value is -1.36. The summed E-state index contributed by atoms with van der Waals surface area (Å²) in [6.45, 7) is -3.15. The maximum absolute atomic E-state index is 12.0. The Kier molecular flexibility index (Phi) is 4.26. The van der Waals surface area contributed by atoms with E-state index in [0.717, 1.165) is 0 Å². The van der Waals surface area contributed by atoms with Crippen LogP contribution in [0.3, 0.4) is 0 Å². The van der Waals surface area contributed by atoms with Gasteiger partial charge in [-0.2, -0.15) is 17.5 Å². The van der Waals surface area contributed by atoms with Crippen LogP contribution in [0.4, 0.5) is 13.2 Å². The van der Waals surface area contributed by atoms with Crippen molar-refractivity contribution >= 4 is 22.0 Å². The first-order chi connectivity index (χ1) is 6.98.